The number of imide groups is 1. The van der Waals surface area contributed by atoms with Crippen LogP contribution in [0.3, 0.4) is 0 Å². The van der Waals surface area contributed by atoms with Crippen LogP contribution < -0.4 is 4.74 Å². The molecule has 2 aromatic rings. The highest BCUT2D eigenvalue weighted by atomic mass is 16.5. The molecule has 6 heteroatoms. The second kappa shape index (κ2) is 10.4. The molecule has 1 aliphatic heterocycles. The molecular weight excluding hydrogens is 402 g/mol. The molecule has 0 spiro atoms. The summed E-state index contributed by atoms with van der Waals surface area (Å²) in [6.45, 7) is 11.8. The van der Waals surface area contributed by atoms with Gasteiger partial charge in [-0.25, -0.2) is 0 Å². The zero-order chi connectivity index (χ0) is 23.3. The number of hydrogen-bond acceptors (Lipinski definition) is 5. The van der Waals surface area contributed by atoms with Crippen molar-refractivity contribution in [1.29, 1.82) is 0 Å². The first-order chi connectivity index (χ1) is 15.3. The Balaban J connectivity index is 1.94. The van der Waals surface area contributed by atoms with Crippen molar-refractivity contribution in [3.05, 3.63) is 65.6 Å². The lowest BCUT2D eigenvalue weighted by Crippen LogP contribution is -2.40. The fraction of sp³-hybridized carbons (Fsp3) is 0.423. The van der Waals surface area contributed by atoms with E-state index < -0.39 is 0 Å². The van der Waals surface area contributed by atoms with Crippen LogP contribution in [0.1, 0.15) is 45.7 Å². The third-order valence-corrected chi connectivity index (χ3v) is 5.45. The van der Waals surface area contributed by atoms with E-state index in [1.54, 1.807) is 12.4 Å². The average Bonchev–Trinajstić information content (AvgIpc) is 3.04. The second-order valence-corrected chi connectivity index (χ2v) is 8.71. The molecule has 3 rings (SSSR count). The van der Waals surface area contributed by atoms with Gasteiger partial charge < -0.3 is 9.64 Å². The molecule has 0 bridgehead atoms. The Bertz CT molecular complexity index is 966. The van der Waals surface area contributed by atoms with Gasteiger partial charge in [-0.2, -0.15) is 0 Å². The lowest BCUT2D eigenvalue weighted by molar-refractivity contribution is -0.139. The Labute approximate surface area is 190 Å². The maximum absolute atomic E-state index is 13.4. The van der Waals surface area contributed by atoms with Crippen LogP contribution in [0.15, 0.2) is 54.5 Å². The molecule has 32 heavy (non-hydrogen) atoms. The summed E-state index contributed by atoms with van der Waals surface area (Å²) >= 11 is 0. The molecule has 0 atom stereocenters. The quantitative estimate of drug-likeness (QED) is 0.524. The van der Waals surface area contributed by atoms with Crippen LogP contribution in [0.25, 0.3) is 5.57 Å². The summed E-state index contributed by atoms with van der Waals surface area (Å²) < 4.78 is 5.78. The summed E-state index contributed by atoms with van der Waals surface area (Å²) in [4.78, 5) is 34.2. The van der Waals surface area contributed by atoms with Crippen molar-refractivity contribution in [2.45, 2.75) is 47.1 Å². The molecule has 2 heterocycles. The van der Waals surface area contributed by atoms with Gasteiger partial charge in [0.05, 0.1) is 12.2 Å². The van der Waals surface area contributed by atoms with E-state index in [9.17, 15) is 9.59 Å². The van der Waals surface area contributed by atoms with Gasteiger partial charge in [-0.05, 0) is 68.5 Å². The lowest BCUT2D eigenvalue weighted by atomic mass is 10.0. The summed E-state index contributed by atoms with van der Waals surface area (Å²) in [6.07, 6.45) is 4.30. The van der Waals surface area contributed by atoms with Crippen molar-refractivity contribution < 1.29 is 14.3 Å². The number of amides is 2. The number of carbonyl (C=O) groups excluding carboxylic acids is 2. The number of rotatable bonds is 10. The molecule has 0 fully saturated rings. The van der Waals surface area contributed by atoms with E-state index in [-0.39, 0.29) is 17.9 Å². The fourth-order valence-electron chi connectivity index (χ4n) is 3.78. The number of carbonyl (C=O) groups is 2. The number of pyridine rings is 1. The number of hydrogen-bond donors (Lipinski definition) is 0. The smallest absolute Gasteiger partial charge is 0.278 e. The SMILES string of the molecule is CCN(CCc1ccncc1)C1=C(c2ccc(OCC(C)C)cc2)C(=O)N(C(C)C)C1=O. The lowest BCUT2D eigenvalue weighted by Gasteiger charge is -2.25. The molecule has 0 aliphatic carbocycles. The van der Waals surface area contributed by atoms with Crippen LogP contribution in [0.2, 0.25) is 0 Å². The Morgan fingerprint density at radius 1 is 0.969 bits per heavy atom. The highest BCUT2D eigenvalue weighted by Crippen LogP contribution is 2.33. The van der Waals surface area contributed by atoms with E-state index in [2.05, 4.69) is 18.8 Å². The summed E-state index contributed by atoms with van der Waals surface area (Å²) in [7, 11) is 0. The zero-order valence-electron chi connectivity index (χ0n) is 19.7. The van der Waals surface area contributed by atoms with Crippen LogP contribution in [0.5, 0.6) is 5.75 Å². The predicted octanol–water partition coefficient (Wildman–Crippen LogP) is 4.17. The summed E-state index contributed by atoms with van der Waals surface area (Å²) in [6, 6.07) is 11.2. The first-order valence-corrected chi connectivity index (χ1v) is 11.3. The van der Waals surface area contributed by atoms with Gasteiger partial charge in [0, 0.05) is 31.5 Å². The summed E-state index contributed by atoms with van der Waals surface area (Å²) in [5, 5.41) is 0. The van der Waals surface area contributed by atoms with E-state index in [1.807, 2.05) is 62.1 Å². The molecular formula is C26H33N3O3. The largest absolute Gasteiger partial charge is 0.493 e. The minimum absolute atomic E-state index is 0.213. The van der Waals surface area contributed by atoms with Gasteiger partial charge >= 0.3 is 0 Å². The van der Waals surface area contributed by atoms with Crippen LogP contribution in [0, 0.1) is 5.92 Å². The molecule has 6 nitrogen and oxygen atoms in total. The Kier molecular flexibility index (Phi) is 7.67. The number of likely N-dealkylation sites (N-methyl/N-ethyl adjacent to an activating group) is 1. The third-order valence-electron chi connectivity index (χ3n) is 5.45. The van der Waals surface area contributed by atoms with Gasteiger partial charge in [0.15, 0.2) is 0 Å². The van der Waals surface area contributed by atoms with Crippen LogP contribution in [-0.2, 0) is 16.0 Å². The molecule has 0 saturated heterocycles. The van der Waals surface area contributed by atoms with E-state index in [0.29, 0.717) is 36.9 Å². The van der Waals surface area contributed by atoms with Crippen molar-refractivity contribution in [3.8, 4) is 5.75 Å². The standard InChI is InChI=1S/C26H33N3O3/c1-6-28(16-13-20-11-14-27-15-12-20)24-23(25(30)29(19(4)5)26(24)31)21-7-9-22(10-8-21)32-17-18(2)3/h7-12,14-15,18-19H,6,13,16-17H2,1-5H3. The first kappa shape index (κ1) is 23.5. The maximum Gasteiger partial charge on any atom is 0.278 e. The van der Waals surface area contributed by atoms with Crippen molar-refractivity contribution in [3.63, 3.8) is 0 Å². The van der Waals surface area contributed by atoms with Gasteiger partial charge in [-0.1, -0.05) is 26.0 Å². The molecule has 0 N–H and O–H groups in total. The Morgan fingerprint density at radius 2 is 1.62 bits per heavy atom. The highest BCUT2D eigenvalue weighted by Gasteiger charge is 2.42. The zero-order valence-corrected chi connectivity index (χ0v) is 19.7. The average molecular weight is 436 g/mol. The molecule has 0 radical (unpaired) electrons. The van der Waals surface area contributed by atoms with Crippen molar-refractivity contribution in [1.82, 2.24) is 14.8 Å². The normalized spacial score (nSPS) is 14.2. The first-order valence-electron chi connectivity index (χ1n) is 11.3. The van der Waals surface area contributed by atoms with Gasteiger partial charge in [0.25, 0.3) is 11.8 Å². The van der Waals surface area contributed by atoms with Crippen LogP contribution in [0.4, 0.5) is 0 Å². The Hall–Kier alpha value is -3.15. The van der Waals surface area contributed by atoms with Crippen molar-refractivity contribution >= 4 is 17.4 Å². The minimum atomic E-state index is -0.238. The molecule has 0 unspecified atom stereocenters. The van der Waals surface area contributed by atoms with Crippen molar-refractivity contribution in [2.24, 2.45) is 5.92 Å². The van der Waals surface area contributed by atoms with Gasteiger partial charge in [0.1, 0.15) is 11.4 Å². The Morgan fingerprint density at radius 3 is 2.19 bits per heavy atom. The molecule has 170 valence electrons. The topological polar surface area (TPSA) is 62.7 Å². The summed E-state index contributed by atoms with van der Waals surface area (Å²) in [5.74, 6) is 0.721. The van der Waals surface area contributed by atoms with E-state index in [4.69, 9.17) is 4.74 Å². The molecule has 1 aromatic heterocycles. The molecule has 0 saturated carbocycles. The number of ether oxygens (including phenoxy) is 1. The van der Waals surface area contributed by atoms with Gasteiger partial charge in [-0.3, -0.25) is 19.5 Å². The monoisotopic (exact) mass is 435 g/mol. The van der Waals surface area contributed by atoms with E-state index in [1.165, 1.54) is 4.90 Å². The van der Waals surface area contributed by atoms with Crippen LogP contribution in [-0.4, -0.2) is 52.3 Å². The number of aromatic nitrogens is 1. The highest BCUT2D eigenvalue weighted by molar-refractivity contribution is 6.35. The summed E-state index contributed by atoms with van der Waals surface area (Å²) in [5.41, 5.74) is 2.83. The molecule has 1 aromatic carbocycles. The molecule has 2 amide bonds. The maximum atomic E-state index is 13.4. The van der Waals surface area contributed by atoms with Gasteiger partial charge in [0.2, 0.25) is 0 Å². The van der Waals surface area contributed by atoms with E-state index >= 15 is 0 Å². The van der Waals surface area contributed by atoms with Gasteiger partial charge in [-0.15, -0.1) is 0 Å². The third kappa shape index (κ3) is 5.18. The van der Waals surface area contributed by atoms with E-state index in [0.717, 1.165) is 23.3 Å². The number of nitrogens with zero attached hydrogens (tertiary/aromatic N) is 3. The minimum Gasteiger partial charge on any atom is -0.493 e. The second-order valence-electron chi connectivity index (χ2n) is 8.71. The molecule has 1 aliphatic rings. The van der Waals surface area contributed by atoms with Crippen LogP contribution >= 0.6 is 0 Å². The van der Waals surface area contributed by atoms with Crippen molar-refractivity contribution in [2.75, 3.05) is 19.7 Å². The fourth-order valence-corrected chi connectivity index (χ4v) is 3.78. The predicted molar refractivity (Wildman–Crippen MR) is 126 cm³/mol. The number of benzene rings is 1.